The summed E-state index contributed by atoms with van der Waals surface area (Å²) in [4.78, 5) is 8.24. The quantitative estimate of drug-likeness (QED) is 0.759. The molecule has 1 fully saturated rings. The largest absolute Gasteiger partial charge is 0.565 e. The van der Waals surface area contributed by atoms with Gasteiger partial charge in [-0.15, -0.1) is 0 Å². The van der Waals surface area contributed by atoms with Crippen LogP contribution in [0.4, 0.5) is 0 Å². The first kappa shape index (κ1) is 12.0. The van der Waals surface area contributed by atoms with E-state index in [1.807, 2.05) is 30.7 Å². The molecule has 0 radical (unpaired) electrons. The second-order valence-corrected chi connectivity index (χ2v) is 4.95. The van der Waals surface area contributed by atoms with Gasteiger partial charge in [0.1, 0.15) is 5.60 Å². The molecule has 1 aliphatic rings. The molecule has 0 atom stereocenters. The van der Waals surface area contributed by atoms with Crippen LogP contribution in [0.2, 0.25) is 0 Å². The van der Waals surface area contributed by atoms with Gasteiger partial charge in [-0.25, -0.2) is 4.98 Å². The number of rotatable bonds is 2. The highest BCUT2D eigenvalue weighted by Gasteiger charge is 2.43. The molecule has 5 nitrogen and oxygen atoms in total. The molecule has 0 aromatic carbocycles. The fourth-order valence-corrected chi connectivity index (χ4v) is 1.89. The van der Waals surface area contributed by atoms with Crippen LogP contribution in [0, 0.1) is 0 Å². The fraction of sp³-hybridized carbons (Fsp3) is 0.231. The Morgan fingerprint density at radius 2 is 2.16 bits per heavy atom. The summed E-state index contributed by atoms with van der Waals surface area (Å²) >= 11 is 0. The lowest BCUT2D eigenvalue weighted by molar-refractivity contribution is 0.173. The molecular weight excluding hydrogens is 241 g/mol. The van der Waals surface area contributed by atoms with E-state index in [2.05, 4.69) is 16.5 Å². The van der Waals surface area contributed by atoms with Crippen LogP contribution in [0.5, 0.6) is 0 Å². The van der Waals surface area contributed by atoms with Gasteiger partial charge in [0.15, 0.2) is 0 Å². The van der Waals surface area contributed by atoms with Gasteiger partial charge in [0, 0.05) is 24.1 Å². The Morgan fingerprint density at radius 3 is 2.79 bits per heavy atom. The zero-order valence-electron chi connectivity index (χ0n) is 10.9. The van der Waals surface area contributed by atoms with E-state index in [-0.39, 0.29) is 0 Å². The van der Waals surface area contributed by atoms with Crippen molar-refractivity contribution in [1.82, 2.24) is 14.5 Å². The highest BCUT2D eigenvalue weighted by atomic mass is 16.7. The van der Waals surface area contributed by atoms with Gasteiger partial charge in [0.05, 0.1) is 24.0 Å². The van der Waals surface area contributed by atoms with Gasteiger partial charge >= 0.3 is 7.12 Å². The molecule has 0 spiro atoms. The molecule has 1 saturated heterocycles. The minimum Gasteiger partial charge on any atom is -0.534 e. The van der Waals surface area contributed by atoms with Crippen molar-refractivity contribution in [2.24, 2.45) is 0 Å². The van der Waals surface area contributed by atoms with E-state index in [4.69, 9.17) is 9.31 Å². The molecule has 0 amide bonds. The van der Waals surface area contributed by atoms with Crippen molar-refractivity contribution in [3.63, 3.8) is 0 Å². The predicted molar refractivity (Wildman–Crippen MR) is 72.1 cm³/mol. The van der Waals surface area contributed by atoms with Crippen molar-refractivity contribution in [3.05, 3.63) is 49.5 Å². The minimum atomic E-state index is -0.477. The summed E-state index contributed by atoms with van der Waals surface area (Å²) in [7, 11) is -0.460. The molecule has 0 aliphatic carbocycles. The van der Waals surface area contributed by atoms with E-state index in [1.165, 1.54) is 0 Å². The van der Waals surface area contributed by atoms with Crippen LogP contribution in [0.25, 0.3) is 5.69 Å². The van der Waals surface area contributed by atoms with Crippen molar-refractivity contribution >= 4 is 12.6 Å². The Kier molecular flexibility index (Phi) is 2.67. The van der Waals surface area contributed by atoms with Crippen molar-refractivity contribution < 1.29 is 9.31 Å². The van der Waals surface area contributed by atoms with Crippen molar-refractivity contribution in [2.45, 2.75) is 19.4 Å². The van der Waals surface area contributed by atoms with Gasteiger partial charge in [-0.05, 0) is 19.9 Å². The van der Waals surface area contributed by atoms with E-state index in [0.29, 0.717) is 5.76 Å². The molecule has 2 aromatic rings. The summed E-state index contributed by atoms with van der Waals surface area (Å²) in [6.07, 6.45) is 8.81. The second-order valence-electron chi connectivity index (χ2n) is 4.95. The molecule has 2 aromatic heterocycles. The van der Waals surface area contributed by atoms with Crippen LogP contribution < -0.4 is 5.46 Å². The number of aromatic nitrogens is 3. The monoisotopic (exact) mass is 255 g/mol. The van der Waals surface area contributed by atoms with Crippen LogP contribution in [-0.4, -0.2) is 27.3 Å². The molecule has 96 valence electrons. The molecule has 0 N–H and O–H groups in total. The van der Waals surface area contributed by atoms with Gasteiger partial charge < -0.3 is 13.9 Å². The van der Waals surface area contributed by atoms with Crippen molar-refractivity contribution in [2.75, 3.05) is 0 Å². The van der Waals surface area contributed by atoms with Crippen LogP contribution in [0.1, 0.15) is 13.8 Å². The number of hydrogen-bond acceptors (Lipinski definition) is 4. The third-order valence-electron chi connectivity index (χ3n) is 3.14. The molecule has 6 heteroatoms. The summed E-state index contributed by atoms with van der Waals surface area (Å²) in [6, 6.07) is 1.97. The maximum atomic E-state index is 5.83. The summed E-state index contributed by atoms with van der Waals surface area (Å²) < 4.78 is 13.4. The standard InChI is InChI=1S/C13H14BN3O2/c1-10-13(2,3)19-14(18-10)11-6-12(8-16-7-11)17-5-4-15-9-17/h4-9H,1H2,2-3H3. The van der Waals surface area contributed by atoms with Crippen molar-refractivity contribution in [1.29, 1.82) is 0 Å². The molecule has 0 saturated carbocycles. The minimum absolute atomic E-state index is 0.460. The topological polar surface area (TPSA) is 49.2 Å². The number of imidazole rings is 1. The summed E-state index contributed by atoms with van der Waals surface area (Å²) in [5.74, 6) is 0.630. The number of nitrogens with zero attached hydrogens (tertiary/aromatic N) is 3. The lowest BCUT2D eigenvalue weighted by atomic mass is 9.80. The third kappa shape index (κ3) is 2.15. The van der Waals surface area contributed by atoms with E-state index in [1.54, 1.807) is 24.9 Å². The molecule has 19 heavy (non-hydrogen) atoms. The molecule has 0 unspecified atom stereocenters. The Bertz CT molecular complexity index is 610. The van der Waals surface area contributed by atoms with Gasteiger partial charge in [0.25, 0.3) is 0 Å². The average Bonchev–Trinajstić information content (AvgIpc) is 2.99. The molecular formula is C13H14BN3O2. The van der Waals surface area contributed by atoms with Gasteiger partial charge in [-0.3, -0.25) is 4.98 Å². The molecule has 0 bridgehead atoms. The third-order valence-corrected chi connectivity index (χ3v) is 3.14. The van der Waals surface area contributed by atoms with Gasteiger partial charge in [-0.2, -0.15) is 0 Å². The first-order valence-electron chi connectivity index (χ1n) is 6.03. The van der Waals surface area contributed by atoms with Crippen molar-refractivity contribution in [3.8, 4) is 5.69 Å². The van der Waals surface area contributed by atoms with Crippen LogP contribution in [0.3, 0.4) is 0 Å². The Morgan fingerprint density at radius 1 is 1.32 bits per heavy atom. The summed E-state index contributed by atoms with van der Waals surface area (Å²) in [6.45, 7) is 7.74. The Labute approximate surface area is 112 Å². The number of pyridine rings is 1. The first-order chi connectivity index (χ1) is 9.06. The molecule has 1 aliphatic heterocycles. The predicted octanol–water partition coefficient (Wildman–Crippen LogP) is 1.30. The lowest BCUT2D eigenvalue weighted by Crippen LogP contribution is -2.35. The zero-order chi connectivity index (χ0) is 13.5. The lowest BCUT2D eigenvalue weighted by Gasteiger charge is -2.15. The maximum Gasteiger partial charge on any atom is 0.565 e. The van der Waals surface area contributed by atoms with Crippen LogP contribution in [-0.2, 0) is 9.31 Å². The molecule has 3 heterocycles. The van der Waals surface area contributed by atoms with E-state index in [0.717, 1.165) is 11.2 Å². The zero-order valence-corrected chi connectivity index (χ0v) is 10.9. The summed E-state index contributed by atoms with van der Waals surface area (Å²) in [5.41, 5.74) is 1.30. The van der Waals surface area contributed by atoms with Crippen LogP contribution >= 0.6 is 0 Å². The fourth-order valence-electron chi connectivity index (χ4n) is 1.89. The van der Waals surface area contributed by atoms with E-state index in [9.17, 15) is 0 Å². The Balaban J connectivity index is 1.91. The Hall–Kier alpha value is -2.08. The highest BCUT2D eigenvalue weighted by molar-refractivity contribution is 6.62. The second kappa shape index (κ2) is 4.24. The van der Waals surface area contributed by atoms with E-state index < -0.39 is 12.7 Å². The SMILES string of the molecule is C=C1OB(c2cncc(-n3ccnc3)c2)OC1(C)C. The van der Waals surface area contributed by atoms with E-state index >= 15 is 0 Å². The molecule has 3 rings (SSSR count). The summed E-state index contributed by atoms with van der Waals surface area (Å²) in [5, 5.41) is 0. The smallest absolute Gasteiger partial charge is 0.534 e. The number of hydrogen-bond donors (Lipinski definition) is 0. The van der Waals surface area contributed by atoms with Gasteiger partial charge in [-0.1, -0.05) is 6.58 Å². The average molecular weight is 255 g/mol. The maximum absolute atomic E-state index is 5.83. The first-order valence-corrected chi connectivity index (χ1v) is 6.03. The van der Waals surface area contributed by atoms with Crippen LogP contribution in [0.15, 0.2) is 49.5 Å². The van der Waals surface area contributed by atoms with Gasteiger partial charge in [0.2, 0.25) is 0 Å². The highest BCUT2D eigenvalue weighted by Crippen LogP contribution is 2.29. The normalized spacial score (nSPS) is 17.6.